The van der Waals surface area contributed by atoms with Crippen molar-refractivity contribution >= 4 is 35.0 Å². The van der Waals surface area contributed by atoms with Gasteiger partial charge in [-0.1, -0.05) is 49.9 Å². The summed E-state index contributed by atoms with van der Waals surface area (Å²) in [6.45, 7) is 4.74. The predicted octanol–water partition coefficient (Wildman–Crippen LogP) is 4.44. The Morgan fingerprint density at radius 3 is 2.48 bits per heavy atom. The molecule has 0 aromatic heterocycles. The molecule has 2 N–H and O–H groups in total. The van der Waals surface area contributed by atoms with Crippen molar-refractivity contribution in [2.24, 2.45) is 11.8 Å². The molecule has 1 aromatic carbocycles. The van der Waals surface area contributed by atoms with Gasteiger partial charge in [-0.05, 0) is 49.3 Å². The van der Waals surface area contributed by atoms with E-state index in [9.17, 15) is 9.59 Å². The first-order chi connectivity index (χ1) is 11.9. The summed E-state index contributed by atoms with van der Waals surface area (Å²) in [5.41, 5.74) is 0.323. The Morgan fingerprint density at radius 2 is 1.88 bits per heavy atom. The van der Waals surface area contributed by atoms with Crippen LogP contribution < -0.4 is 10.6 Å². The number of hydrogen-bond acceptors (Lipinski definition) is 2. The molecule has 0 aliphatic heterocycles. The Kier molecular flexibility index (Phi) is 7.57. The monoisotopic (exact) mass is 384 g/mol. The van der Waals surface area contributed by atoms with Crippen molar-refractivity contribution in [1.29, 1.82) is 0 Å². The Balaban J connectivity index is 2.00. The molecule has 4 nitrogen and oxygen atoms in total. The zero-order valence-corrected chi connectivity index (χ0v) is 16.3. The van der Waals surface area contributed by atoms with Crippen LogP contribution in [0.25, 0.3) is 0 Å². The lowest BCUT2D eigenvalue weighted by Gasteiger charge is -2.21. The zero-order chi connectivity index (χ0) is 18.4. The van der Waals surface area contributed by atoms with Gasteiger partial charge in [-0.3, -0.25) is 9.59 Å². The number of carbonyl (C=O) groups is 2. The standard InChI is InChI=1S/C19H26Cl2N2O2/c1-12(2)9-17(19(25)22-11-13-5-3-4-6-13)23-18(24)15-8-7-14(20)10-16(15)21/h7-8,10,12-13,17H,3-6,9,11H2,1-2H3,(H,22,25)(H,23,24). The van der Waals surface area contributed by atoms with E-state index in [-0.39, 0.29) is 22.8 Å². The molecule has 6 heteroatoms. The summed E-state index contributed by atoms with van der Waals surface area (Å²) in [6.07, 6.45) is 5.39. The van der Waals surface area contributed by atoms with E-state index < -0.39 is 6.04 Å². The van der Waals surface area contributed by atoms with E-state index in [4.69, 9.17) is 23.2 Å². The third-order valence-corrected chi connectivity index (χ3v) is 5.09. The zero-order valence-electron chi connectivity index (χ0n) is 14.8. The molecule has 1 aliphatic rings. The van der Waals surface area contributed by atoms with Crippen LogP contribution >= 0.6 is 23.2 Å². The molecular formula is C19H26Cl2N2O2. The molecule has 0 saturated heterocycles. The van der Waals surface area contributed by atoms with Crippen LogP contribution in [0.5, 0.6) is 0 Å². The number of hydrogen-bond donors (Lipinski definition) is 2. The second-order valence-corrected chi connectivity index (χ2v) is 8.02. The van der Waals surface area contributed by atoms with E-state index in [2.05, 4.69) is 10.6 Å². The molecule has 2 rings (SSSR count). The van der Waals surface area contributed by atoms with Crippen LogP contribution in [0.15, 0.2) is 18.2 Å². The Morgan fingerprint density at radius 1 is 1.20 bits per heavy atom. The van der Waals surface area contributed by atoms with Crippen LogP contribution in [-0.2, 0) is 4.79 Å². The molecule has 1 fully saturated rings. The third-order valence-electron chi connectivity index (χ3n) is 4.54. The lowest BCUT2D eigenvalue weighted by atomic mass is 10.0. The van der Waals surface area contributed by atoms with Crippen molar-refractivity contribution in [3.05, 3.63) is 33.8 Å². The van der Waals surface area contributed by atoms with Gasteiger partial charge in [-0.25, -0.2) is 0 Å². The summed E-state index contributed by atoms with van der Waals surface area (Å²) < 4.78 is 0. The summed E-state index contributed by atoms with van der Waals surface area (Å²) >= 11 is 12.0. The fourth-order valence-corrected chi connectivity index (χ4v) is 3.69. The van der Waals surface area contributed by atoms with E-state index in [0.29, 0.717) is 29.5 Å². The van der Waals surface area contributed by atoms with Gasteiger partial charge in [0.2, 0.25) is 5.91 Å². The van der Waals surface area contributed by atoms with Crippen molar-refractivity contribution in [2.45, 2.75) is 52.0 Å². The van der Waals surface area contributed by atoms with Crippen molar-refractivity contribution in [2.75, 3.05) is 6.54 Å². The molecule has 25 heavy (non-hydrogen) atoms. The average molecular weight is 385 g/mol. The first-order valence-electron chi connectivity index (χ1n) is 8.90. The number of benzene rings is 1. The number of nitrogens with one attached hydrogen (secondary N) is 2. The fourth-order valence-electron chi connectivity index (χ4n) is 3.20. The lowest BCUT2D eigenvalue weighted by molar-refractivity contribution is -0.123. The molecule has 0 spiro atoms. The number of amides is 2. The van der Waals surface area contributed by atoms with Crippen LogP contribution in [0.3, 0.4) is 0 Å². The largest absolute Gasteiger partial charge is 0.354 e. The topological polar surface area (TPSA) is 58.2 Å². The van der Waals surface area contributed by atoms with Crippen molar-refractivity contribution < 1.29 is 9.59 Å². The average Bonchev–Trinajstić information content (AvgIpc) is 3.04. The van der Waals surface area contributed by atoms with E-state index in [0.717, 1.165) is 0 Å². The maximum Gasteiger partial charge on any atom is 0.253 e. The second-order valence-electron chi connectivity index (χ2n) is 7.18. The van der Waals surface area contributed by atoms with Gasteiger partial charge in [-0.15, -0.1) is 0 Å². The molecule has 0 radical (unpaired) electrons. The van der Waals surface area contributed by atoms with Crippen LogP contribution in [-0.4, -0.2) is 24.4 Å². The maximum atomic E-state index is 12.6. The fraction of sp³-hybridized carbons (Fsp3) is 0.579. The van der Waals surface area contributed by atoms with Crippen molar-refractivity contribution in [3.63, 3.8) is 0 Å². The molecule has 1 aromatic rings. The summed E-state index contributed by atoms with van der Waals surface area (Å²) in [5.74, 6) is 0.357. The molecule has 1 aliphatic carbocycles. The highest BCUT2D eigenvalue weighted by atomic mass is 35.5. The number of rotatable bonds is 7. The third kappa shape index (κ3) is 6.19. The number of halogens is 2. The van der Waals surface area contributed by atoms with Crippen LogP contribution in [0, 0.1) is 11.8 Å². The van der Waals surface area contributed by atoms with Crippen LogP contribution in [0.2, 0.25) is 10.0 Å². The first kappa shape index (κ1) is 20.1. The summed E-state index contributed by atoms with van der Waals surface area (Å²) in [6, 6.07) is 4.14. The van der Waals surface area contributed by atoms with Crippen molar-refractivity contribution in [3.8, 4) is 0 Å². The number of carbonyl (C=O) groups excluding carboxylic acids is 2. The highest BCUT2D eigenvalue weighted by Gasteiger charge is 2.24. The Bertz CT molecular complexity index is 613. The molecule has 0 heterocycles. The quantitative estimate of drug-likeness (QED) is 0.729. The van der Waals surface area contributed by atoms with Gasteiger partial charge in [0.1, 0.15) is 6.04 Å². The van der Waals surface area contributed by atoms with E-state index in [1.165, 1.54) is 31.7 Å². The van der Waals surface area contributed by atoms with Gasteiger partial charge < -0.3 is 10.6 Å². The smallest absolute Gasteiger partial charge is 0.253 e. The SMILES string of the molecule is CC(C)CC(NC(=O)c1ccc(Cl)cc1Cl)C(=O)NCC1CCCC1. The van der Waals surface area contributed by atoms with E-state index in [1.807, 2.05) is 13.8 Å². The first-order valence-corrected chi connectivity index (χ1v) is 9.66. The molecule has 0 bridgehead atoms. The lowest BCUT2D eigenvalue weighted by Crippen LogP contribution is -2.48. The summed E-state index contributed by atoms with van der Waals surface area (Å²) in [7, 11) is 0. The molecule has 2 amide bonds. The van der Waals surface area contributed by atoms with Gasteiger partial charge >= 0.3 is 0 Å². The molecule has 1 saturated carbocycles. The minimum atomic E-state index is -0.569. The second kappa shape index (κ2) is 9.44. The van der Waals surface area contributed by atoms with Gasteiger partial charge in [0, 0.05) is 11.6 Å². The summed E-state index contributed by atoms with van der Waals surface area (Å²) in [5, 5.41) is 6.57. The predicted molar refractivity (Wildman–Crippen MR) is 102 cm³/mol. The van der Waals surface area contributed by atoms with E-state index in [1.54, 1.807) is 12.1 Å². The Hall–Kier alpha value is -1.26. The molecule has 1 unspecified atom stereocenters. The minimum Gasteiger partial charge on any atom is -0.354 e. The normalized spacial score (nSPS) is 16.0. The Labute approximate surface area is 159 Å². The van der Waals surface area contributed by atoms with Crippen LogP contribution in [0.4, 0.5) is 0 Å². The highest BCUT2D eigenvalue weighted by molar-refractivity contribution is 6.36. The van der Waals surface area contributed by atoms with Gasteiger partial charge in [0.15, 0.2) is 0 Å². The molecular weight excluding hydrogens is 359 g/mol. The minimum absolute atomic E-state index is 0.126. The molecule has 138 valence electrons. The van der Waals surface area contributed by atoms with Gasteiger partial charge in [-0.2, -0.15) is 0 Å². The highest BCUT2D eigenvalue weighted by Crippen LogP contribution is 2.24. The van der Waals surface area contributed by atoms with Gasteiger partial charge in [0.05, 0.1) is 10.6 Å². The molecule has 1 atom stereocenters. The van der Waals surface area contributed by atoms with Crippen molar-refractivity contribution in [1.82, 2.24) is 10.6 Å². The van der Waals surface area contributed by atoms with Gasteiger partial charge in [0.25, 0.3) is 5.91 Å². The van der Waals surface area contributed by atoms with Crippen LogP contribution in [0.1, 0.15) is 56.3 Å². The maximum absolute atomic E-state index is 12.6. The van der Waals surface area contributed by atoms with E-state index >= 15 is 0 Å². The summed E-state index contributed by atoms with van der Waals surface area (Å²) in [4.78, 5) is 25.1.